The number of aldehydes is 1. The van der Waals surface area contributed by atoms with Gasteiger partial charge in [0.15, 0.2) is 12.9 Å². The summed E-state index contributed by atoms with van der Waals surface area (Å²) in [4.78, 5) is 13.1. The van der Waals surface area contributed by atoms with Crippen LogP contribution in [0.1, 0.15) is 5.56 Å². The molecule has 1 unspecified atom stereocenters. The number of likely N-dealkylation sites (N-methyl/N-ethyl adjacent to an activating group) is 1. The van der Waals surface area contributed by atoms with Crippen molar-refractivity contribution in [3.63, 3.8) is 0 Å². The number of allylic oxidation sites excluding steroid dienone is 1. The lowest BCUT2D eigenvalue weighted by atomic mass is 9.98. The summed E-state index contributed by atoms with van der Waals surface area (Å²) in [5.74, 6) is -1.88. The maximum absolute atomic E-state index is 13.8. The van der Waals surface area contributed by atoms with Gasteiger partial charge in [0.1, 0.15) is 23.9 Å². The van der Waals surface area contributed by atoms with Crippen LogP contribution in [0.2, 0.25) is 0 Å². The summed E-state index contributed by atoms with van der Waals surface area (Å²) in [6.45, 7) is -3.12. The summed E-state index contributed by atoms with van der Waals surface area (Å²) in [5, 5.41) is 10.5. The molecule has 1 atom stereocenters. The van der Waals surface area contributed by atoms with Crippen LogP contribution in [0.25, 0.3) is 0 Å². The van der Waals surface area contributed by atoms with Gasteiger partial charge in [0.2, 0.25) is 0 Å². The van der Waals surface area contributed by atoms with Gasteiger partial charge in [-0.25, -0.2) is 8.78 Å². The van der Waals surface area contributed by atoms with E-state index in [9.17, 15) is 35.5 Å². The Kier molecular flexibility index (Phi) is 9.25. The fourth-order valence-electron chi connectivity index (χ4n) is 2.90. The number of hydrogen-bond acceptors (Lipinski definition) is 5. The number of ether oxygens (including phenoxy) is 1. The van der Waals surface area contributed by atoms with Crippen LogP contribution >= 0.6 is 9.24 Å². The maximum Gasteiger partial charge on any atom is 0.405 e. The molecule has 35 heavy (non-hydrogen) atoms. The molecule has 5 nitrogen and oxygen atoms in total. The Hall–Kier alpha value is -3.14. The fraction of sp³-hybridized carbons (Fsp3) is 0.273. The number of hydrogen-bond donors (Lipinski definition) is 2. The molecule has 0 saturated heterocycles. The molecule has 0 saturated carbocycles. The van der Waals surface area contributed by atoms with Gasteiger partial charge in [-0.3, -0.25) is 10.2 Å². The molecular formula is C22H21F7N3O2P. The lowest BCUT2D eigenvalue weighted by Gasteiger charge is -2.24. The fourth-order valence-corrected chi connectivity index (χ4v) is 2.98. The molecule has 0 aromatic heterocycles. The molecule has 0 spiro atoms. The largest absolute Gasteiger partial charge is 0.486 e. The summed E-state index contributed by atoms with van der Waals surface area (Å²) in [7, 11) is 2.71. The van der Waals surface area contributed by atoms with E-state index in [0.717, 1.165) is 30.3 Å². The van der Waals surface area contributed by atoms with Gasteiger partial charge in [0.25, 0.3) is 5.66 Å². The first-order chi connectivity index (χ1) is 16.2. The first kappa shape index (κ1) is 28.1. The Morgan fingerprint density at radius 3 is 2.23 bits per heavy atom. The van der Waals surface area contributed by atoms with Gasteiger partial charge < -0.3 is 15.0 Å². The zero-order valence-electron chi connectivity index (χ0n) is 18.2. The quantitative estimate of drug-likeness (QED) is 0.144. The highest BCUT2D eigenvalue weighted by atomic mass is 31.0. The van der Waals surface area contributed by atoms with Crippen molar-refractivity contribution in [1.82, 2.24) is 5.32 Å². The average Bonchev–Trinajstić information content (AvgIpc) is 2.76. The lowest BCUT2D eigenvalue weighted by Crippen LogP contribution is -2.33. The molecular weight excluding hydrogens is 502 g/mol. The summed E-state index contributed by atoms with van der Waals surface area (Å²) in [5.41, 5.74) is -4.67. The van der Waals surface area contributed by atoms with E-state index in [1.807, 2.05) is 5.32 Å². The van der Waals surface area contributed by atoms with Crippen molar-refractivity contribution in [2.24, 2.45) is 0 Å². The summed E-state index contributed by atoms with van der Waals surface area (Å²) >= 11 is 0. The maximum atomic E-state index is 13.8. The number of rotatable bonds is 11. The van der Waals surface area contributed by atoms with Crippen LogP contribution in [0.4, 0.5) is 36.4 Å². The van der Waals surface area contributed by atoms with Crippen LogP contribution in [0, 0.1) is 17.0 Å². The minimum atomic E-state index is -4.70. The zero-order valence-corrected chi connectivity index (χ0v) is 19.4. The van der Waals surface area contributed by atoms with Crippen LogP contribution in [0.5, 0.6) is 5.75 Å². The van der Waals surface area contributed by atoms with E-state index in [2.05, 4.69) is 0 Å². The monoisotopic (exact) mass is 523 g/mol. The molecule has 0 aliphatic carbocycles. The molecule has 0 aliphatic heterocycles. The molecule has 13 heteroatoms. The molecule has 2 aromatic carbocycles. The Balaban J connectivity index is 2.53. The Morgan fingerprint density at radius 2 is 1.69 bits per heavy atom. The van der Waals surface area contributed by atoms with Crippen LogP contribution in [-0.2, 0) is 4.79 Å². The van der Waals surface area contributed by atoms with Crippen molar-refractivity contribution in [2.75, 3.05) is 31.6 Å². The predicted octanol–water partition coefficient (Wildman–Crippen LogP) is 4.92. The highest BCUT2D eigenvalue weighted by Gasteiger charge is 2.29. The number of carbonyl (C=O) groups excluding carboxylic acids is 1. The first-order valence-corrected chi connectivity index (χ1v) is 10.4. The highest BCUT2D eigenvalue weighted by Crippen LogP contribution is 2.29. The molecule has 190 valence electrons. The second-order valence-corrected chi connectivity index (χ2v) is 8.22. The minimum absolute atomic E-state index is 0.0784. The molecule has 2 aromatic rings. The van der Waals surface area contributed by atoms with E-state index < -0.39 is 53.8 Å². The van der Waals surface area contributed by atoms with E-state index in [0.29, 0.717) is 5.69 Å². The molecule has 0 bridgehead atoms. The second kappa shape index (κ2) is 11.5. The van der Waals surface area contributed by atoms with Crippen LogP contribution in [0.15, 0.2) is 53.7 Å². The van der Waals surface area contributed by atoms with Crippen molar-refractivity contribution in [2.45, 2.75) is 11.8 Å². The van der Waals surface area contributed by atoms with Crippen LogP contribution in [0.3, 0.4) is 0 Å². The van der Waals surface area contributed by atoms with Crippen molar-refractivity contribution < 1.29 is 40.3 Å². The van der Waals surface area contributed by atoms with Crippen LogP contribution < -0.4 is 15.0 Å². The SMILES string of the molecule is CN(C/C(C(=N)c1ccc(F)cc1OCC(F)(F)P)=C(\C=O)NCC(F)(F)F)c1ccc(F)cc1. The van der Waals surface area contributed by atoms with Crippen molar-refractivity contribution >= 4 is 26.9 Å². The Labute approximate surface area is 198 Å². The summed E-state index contributed by atoms with van der Waals surface area (Å²) < 4.78 is 96.9. The topological polar surface area (TPSA) is 65.4 Å². The molecule has 2 rings (SSSR count). The highest BCUT2D eigenvalue weighted by molar-refractivity contribution is 7.18. The molecule has 0 heterocycles. The number of alkyl halides is 5. The van der Waals surface area contributed by atoms with Gasteiger partial charge in [0, 0.05) is 36.5 Å². The number of nitrogens with one attached hydrogen (secondary N) is 2. The molecule has 0 fully saturated rings. The number of halogens is 7. The lowest BCUT2D eigenvalue weighted by molar-refractivity contribution is -0.124. The van der Waals surface area contributed by atoms with Gasteiger partial charge >= 0.3 is 6.18 Å². The van der Waals surface area contributed by atoms with Gasteiger partial charge in [0.05, 0.1) is 11.4 Å². The smallest absolute Gasteiger partial charge is 0.405 e. The molecule has 0 aliphatic rings. The van der Waals surface area contributed by atoms with E-state index in [1.54, 1.807) is 0 Å². The van der Waals surface area contributed by atoms with Crippen molar-refractivity contribution in [1.29, 1.82) is 5.41 Å². The first-order valence-electron chi connectivity index (χ1n) is 9.84. The molecule has 0 amide bonds. The molecule has 2 N–H and O–H groups in total. The van der Waals surface area contributed by atoms with E-state index >= 15 is 0 Å². The number of nitrogens with zero attached hydrogens (tertiary/aromatic N) is 1. The second-order valence-electron chi connectivity index (χ2n) is 7.38. The number of carbonyl (C=O) groups is 1. The summed E-state index contributed by atoms with van der Waals surface area (Å²) in [6.07, 6.45) is -4.62. The third-order valence-corrected chi connectivity index (χ3v) is 4.69. The summed E-state index contributed by atoms with van der Waals surface area (Å²) in [6, 6.07) is 7.68. The number of anilines is 1. The van der Waals surface area contributed by atoms with E-state index in [-0.39, 0.29) is 24.0 Å². The van der Waals surface area contributed by atoms with Crippen LogP contribution in [-0.4, -0.2) is 50.6 Å². The third kappa shape index (κ3) is 8.86. The number of benzene rings is 2. The van der Waals surface area contributed by atoms with E-state index in [1.165, 1.54) is 33.3 Å². The van der Waals surface area contributed by atoms with Gasteiger partial charge in [-0.1, -0.05) is 9.24 Å². The predicted molar refractivity (Wildman–Crippen MR) is 120 cm³/mol. The van der Waals surface area contributed by atoms with E-state index in [4.69, 9.17) is 10.1 Å². The molecule has 0 radical (unpaired) electrons. The van der Waals surface area contributed by atoms with Gasteiger partial charge in [-0.05, 0) is 36.4 Å². The van der Waals surface area contributed by atoms with Gasteiger partial charge in [-0.2, -0.15) is 22.0 Å². The Bertz CT molecular complexity index is 1080. The third-order valence-electron chi connectivity index (χ3n) is 4.52. The van der Waals surface area contributed by atoms with Crippen molar-refractivity contribution in [3.8, 4) is 5.75 Å². The average molecular weight is 523 g/mol. The van der Waals surface area contributed by atoms with Crippen molar-refractivity contribution in [3.05, 3.63) is 70.9 Å². The standard InChI is InChI=1S/C22H21F7N3O2P/c1-32(15-5-2-13(23)3-6-15)9-17(18(10-33)31-11-21(25,26)27)20(30)16-7-4-14(24)8-19(16)34-12-22(28,29)35/h2-8,10,30-31H,9,11-12,35H2,1H3/b18-17-,30-20?. The minimum Gasteiger partial charge on any atom is -0.486 e. The normalized spacial score (nSPS) is 12.6. The van der Waals surface area contributed by atoms with Gasteiger partial charge in [-0.15, -0.1) is 0 Å². The zero-order chi connectivity index (χ0) is 26.4. The Morgan fingerprint density at radius 1 is 1.09 bits per heavy atom.